The first-order valence-corrected chi connectivity index (χ1v) is 9.69. The van der Waals surface area contributed by atoms with Crippen LogP contribution in [0, 0.1) is 13.8 Å². The zero-order valence-electron chi connectivity index (χ0n) is 16.0. The highest BCUT2D eigenvalue weighted by molar-refractivity contribution is 7.18. The molecule has 0 aliphatic carbocycles. The van der Waals surface area contributed by atoms with Gasteiger partial charge in [0.15, 0.2) is 11.5 Å². The molecule has 0 N–H and O–H groups in total. The predicted octanol–water partition coefficient (Wildman–Crippen LogP) is 4.14. The largest absolute Gasteiger partial charge is 0.493 e. The second-order valence-corrected chi connectivity index (χ2v) is 7.42. The molecule has 0 bridgehead atoms. The SMILES string of the molecule is CCCCOc1ccc(/C=N/n2cnc3sc(C)c(C)c3c2=O)cc1OC. The minimum absolute atomic E-state index is 0.162. The number of thiophene rings is 1. The second-order valence-electron chi connectivity index (χ2n) is 6.21. The summed E-state index contributed by atoms with van der Waals surface area (Å²) < 4.78 is 12.4. The van der Waals surface area contributed by atoms with E-state index < -0.39 is 0 Å². The van der Waals surface area contributed by atoms with Crippen LogP contribution in [-0.4, -0.2) is 29.6 Å². The molecule has 1 aromatic carbocycles. The fraction of sp³-hybridized carbons (Fsp3) is 0.350. The van der Waals surface area contributed by atoms with Gasteiger partial charge in [-0.1, -0.05) is 13.3 Å². The predicted molar refractivity (Wildman–Crippen MR) is 110 cm³/mol. The third-order valence-electron chi connectivity index (χ3n) is 4.35. The summed E-state index contributed by atoms with van der Waals surface area (Å²) in [5.74, 6) is 1.34. The van der Waals surface area contributed by atoms with Crippen molar-refractivity contribution >= 4 is 27.8 Å². The maximum Gasteiger partial charge on any atom is 0.282 e. The molecular weight excluding hydrogens is 362 g/mol. The van der Waals surface area contributed by atoms with Crippen molar-refractivity contribution in [3.8, 4) is 11.5 Å². The Hall–Kier alpha value is -2.67. The highest BCUT2D eigenvalue weighted by Gasteiger charge is 2.11. The Balaban J connectivity index is 1.87. The zero-order chi connectivity index (χ0) is 19.4. The van der Waals surface area contributed by atoms with Gasteiger partial charge in [0.2, 0.25) is 0 Å². The summed E-state index contributed by atoms with van der Waals surface area (Å²) in [5.41, 5.74) is 1.61. The first kappa shape index (κ1) is 19.1. The molecule has 6 nitrogen and oxygen atoms in total. The number of fused-ring (bicyclic) bond motifs is 1. The number of aryl methyl sites for hydroxylation is 2. The number of aromatic nitrogens is 2. The molecule has 2 heterocycles. The third-order valence-corrected chi connectivity index (χ3v) is 5.46. The van der Waals surface area contributed by atoms with E-state index in [1.807, 2.05) is 32.0 Å². The van der Waals surface area contributed by atoms with Crippen molar-refractivity contribution in [3.63, 3.8) is 0 Å². The van der Waals surface area contributed by atoms with Crippen LogP contribution in [0.3, 0.4) is 0 Å². The van der Waals surface area contributed by atoms with Gasteiger partial charge in [0.1, 0.15) is 11.2 Å². The van der Waals surface area contributed by atoms with Gasteiger partial charge in [0, 0.05) is 4.88 Å². The lowest BCUT2D eigenvalue weighted by Crippen LogP contribution is -2.16. The van der Waals surface area contributed by atoms with Crippen LogP contribution >= 0.6 is 11.3 Å². The standard InChI is InChI=1S/C20H23N3O3S/c1-5-6-9-26-16-8-7-15(10-17(16)25-4)11-22-23-12-21-19-18(20(23)24)13(2)14(3)27-19/h7-8,10-12H,5-6,9H2,1-4H3/b22-11+. The van der Waals surface area contributed by atoms with Crippen LogP contribution in [0.15, 0.2) is 34.4 Å². The van der Waals surface area contributed by atoms with E-state index in [2.05, 4.69) is 17.0 Å². The number of unbranched alkanes of at least 4 members (excludes halogenated alkanes) is 1. The number of nitrogens with zero attached hydrogens (tertiary/aromatic N) is 3. The maximum atomic E-state index is 12.7. The van der Waals surface area contributed by atoms with Crippen LogP contribution < -0.4 is 15.0 Å². The van der Waals surface area contributed by atoms with Gasteiger partial charge in [-0.3, -0.25) is 4.79 Å². The molecule has 27 heavy (non-hydrogen) atoms. The third kappa shape index (κ3) is 4.03. The van der Waals surface area contributed by atoms with Gasteiger partial charge in [0.25, 0.3) is 5.56 Å². The highest BCUT2D eigenvalue weighted by atomic mass is 32.1. The second kappa shape index (κ2) is 8.35. The number of methoxy groups -OCH3 is 1. The fourth-order valence-electron chi connectivity index (χ4n) is 2.65. The number of benzene rings is 1. The number of rotatable bonds is 7. The van der Waals surface area contributed by atoms with Crippen LogP contribution in [0.5, 0.6) is 11.5 Å². The monoisotopic (exact) mass is 385 g/mol. The van der Waals surface area contributed by atoms with Crippen molar-refractivity contribution in [2.75, 3.05) is 13.7 Å². The average Bonchev–Trinajstić information content (AvgIpc) is 2.96. The molecule has 142 valence electrons. The molecule has 0 amide bonds. The summed E-state index contributed by atoms with van der Waals surface area (Å²) in [7, 11) is 1.60. The molecule has 0 saturated heterocycles. The molecule has 0 aliphatic rings. The highest BCUT2D eigenvalue weighted by Crippen LogP contribution is 2.28. The van der Waals surface area contributed by atoms with Crippen LogP contribution in [-0.2, 0) is 0 Å². The molecule has 0 saturated carbocycles. The Morgan fingerprint density at radius 1 is 1.30 bits per heavy atom. The summed E-state index contributed by atoms with van der Waals surface area (Å²) in [4.78, 5) is 18.9. The van der Waals surface area contributed by atoms with Crippen molar-refractivity contribution in [2.45, 2.75) is 33.6 Å². The van der Waals surface area contributed by atoms with Gasteiger partial charge >= 0.3 is 0 Å². The molecule has 0 unspecified atom stereocenters. The molecule has 3 aromatic rings. The molecule has 0 aliphatic heterocycles. The van der Waals surface area contributed by atoms with Crippen molar-refractivity contribution in [3.05, 3.63) is 50.9 Å². The van der Waals surface area contributed by atoms with Gasteiger partial charge in [0.05, 0.1) is 25.3 Å². The summed E-state index contributed by atoms with van der Waals surface area (Å²) >= 11 is 1.52. The molecule has 3 rings (SSSR count). The summed E-state index contributed by atoms with van der Waals surface area (Å²) in [5, 5.41) is 4.92. The molecule has 0 radical (unpaired) electrons. The normalized spacial score (nSPS) is 11.4. The van der Waals surface area contributed by atoms with Crippen LogP contribution in [0.4, 0.5) is 0 Å². The van der Waals surface area contributed by atoms with E-state index in [1.165, 1.54) is 22.3 Å². The Bertz CT molecular complexity index is 1040. The van der Waals surface area contributed by atoms with E-state index >= 15 is 0 Å². The molecule has 2 aromatic heterocycles. The van der Waals surface area contributed by atoms with Gasteiger partial charge in [-0.25, -0.2) is 4.98 Å². The number of hydrogen-bond donors (Lipinski definition) is 0. The van der Waals surface area contributed by atoms with Gasteiger partial charge in [-0.2, -0.15) is 9.78 Å². The van der Waals surface area contributed by atoms with Gasteiger partial charge in [-0.15, -0.1) is 11.3 Å². The molecule has 0 spiro atoms. The zero-order valence-corrected chi connectivity index (χ0v) is 16.8. The van der Waals surface area contributed by atoms with Crippen LogP contribution in [0.25, 0.3) is 10.2 Å². The molecule has 0 atom stereocenters. The molecule has 7 heteroatoms. The quantitative estimate of drug-likeness (QED) is 0.453. The lowest BCUT2D eigenvalue weighted by atomic mass is 10.2. The number of hydrogen-bond acceptors (Lipinski definition) is 6. The van der Waals surface area contributed by atoms with E-state index in [1.54, 1.807) is 13.3 Å². The first-order valence-electron chi connectivity index (χ1n) is 8.87. The van der Waals surface area contributed by atoms with Crippen molar-refractivity contribution in [1.29, 1.82) is 0 Å². The van der Waals surface area contributed by atoms with E-state index in [4.69, 9.17) is 9.47 Å². The van der Waals surface area contributed by atoms with E-state index in [0.717, 1.165) is 33.7 Å². The van der Waals surface area contributed by atoms with E-state index in [0.29, 0.717) is 23.5 Å². The first-order chi connectivity index (χ1) is 13.0. The molecular formula is C20H23N3O3S. The van der Waals surface area contributed by atoms with Gasteiger partial charge < -0.3 is 9.47 Å². The summed E-state index contributed by atoms with van der Waals surface area (Å²) in [6.07, 6.45) is 5.13. The summed E-state index contributed by atoms with van der Waals surface area (Å²) in [6, 6.07) is 5.57. The van der Waals surface area contributed by atoms with Crippen molar-refractivity contribution in [1.82, 2.24) is 9.66 Å². The topological polar surface area (TPSA) is 65.7 Å². The Morgan fingerprint density at radius 2 is 2.11 bits per heavy atom. The Labute approximate surface area is 162 Å². The van der Waals surface area contributed by atoms with Gasteiger partial charge in [-0.05, 0) is 49.6 Å². The Morgan fingerprint density at radius 3 is 2.85 bits per heavy atom. The fourth-order valence-corrected chi connectivity index (χ4v) is 3.63. The lowest BCUT2D eigenvalue weighted by molar-refractivity contribution is 0.288. The number of ether oxygens (including phenoxy) is 2. The Kier molecular flexibility index (Phi) is 5.91. The van der Waals surface area contributed by atoms with Crippen molar-refractivity contribution < 1.29 is 9.47 Å². The molecule has 0 fully saturated rings. The van der Waals surface area contributed by atoms with E-state index in [-0.39, 0.29) is 5.56 Å². The maximum absolute atomic E-state index is 12.7. The summed E-state index contributed by atoms with van der Waals surface area (Å²) in [6.45, 7) is 6.70. The average molecular weight is 385 g/mol. The minimum Gasteiger partial charge on any atom is -0.493 e. The van der Waals surface area contributed by atoms with Crippen LogP contribution in [0.2, 0.25) is 0 Å². The van der Waals surface area contributed by atoms with E-state index in [9.17, 15) is 4.79 Å². The van der Waals surface area contributed by atoms with Crippen molar-refractivity contribution in [2.24, 2.45) is 5.10 Å². The minimum atomic E-state index is -0.162. The van der Waals surface area contributed by atoms with Crippen LogP contribution in [0.1, 0.15) is 35.8 Å². The lowest BCUT2D eigenvalue weighted by Gasteiger charge is -2.10. The smallest absolute Gasteiger partial charge is 0.282 e.